The van der Waals surface area contributed by atoms with Crippen molar-refractivity contribution in [3.8, 4) is 5.75 Å². The van der Waals surface area contributed by atoms with Gasteiger partial charge < -0.3 is 20.3 Å². The molecule has 1 aliphatic rings. The van der Waals surface area contributed by atoms with Crippen LogP contribution < -0.4 is 20.3 Å². The van der Waals surface area contributed by atoms with Gasteiger partial charge in [-0.15, -0.1) is 0 Å². The molecule has 0 saturated carbocycles. The van der Waals surface area contributed by atoms with Gasteiger partial charge in [-0.25, -0.2) is 9.37 Å². The molecule has 156 valence electrons. The third-order valence-electron chi connectivity index (χ3n) is 5.02. The van der Waals surface area contributed by atoms with Gasteiger partial charge in [0, 0.05) is 25.4 Å². The van der Waals surface area contributed by atoms with Crippen LogP contribution in [-0.2, 0) is 17.9 Å². The summed E-state index contributed by atoms with van der Waals surface area (Å²) < 4.78 is 20.5. The average molecular weight is 411 g/mol. The van der Waals surface area contributed by atoms with Crippen molar-refractivity contribution < 1.29 is 13.9 Å². The fraction of sp³-hybridized carbons (Fsp3) is 0.300. The molecule has 9 nitrogen and oxygen atoms in total. The number of methoxy groups -OCH3 is 1. The number of aromatic nitrogens is 4. The summed E-state index contributed by atoms with van der Waals surface area (Å²) in [5, 5.41) is 10.3. The van der Waals surface area contributed by atoms with Gasteiger partial charge in [0.1, 0.15) is 11.7 Å². The van der Waals surface area contributed by atoms with Crippen molar-refractivity contribution in [1.29, 1.82) is 0 Å². The number of likely N-dealkylation sites (N-methyl/N-ethyl adjacent to an activating group) is 1. The van der Waals surface area contributed by atoms with Crippen LogP contribution in [0.1, 0.15) is 18.1 Å². The molecule has 10 heteroatoms. The highest BCUT2D eigenvalue weighted by Crippen LogP contribution is 2.28. The van der Waals surface area contributed by atoms with Crippen molar-refractivity contribution >= 4 is 23.4 Å². The van der Waals surface area contributed by atoms with Crippen molar-refractivity contribution in [2.75, 3.05) is 29.7 Å². The third-order valence-corrected chi connectivity index (χ3v) is 5.02. The number of amides is 1. The maximum Gasteiger partial charge on any atom is 0.246 e. The summed E-state index contributed by atoms with van der Waals surface area (Å²) in [5.41, 5.74) is 2.30. The van der Waals surface area contributed by atoms with Gasteiger partial charge in [0.05, 0.1) is 26.0 Å². The summed E-state index contributed by atoms with van der Waals surface area (Å²) in [7, 11) is 3.26. The van der Waals surface area contributed by atoms with E-state index in [1.807, 2.05) is 25.1 Å². The van der Waals surface area contributed by atoms with E-state index in [1.165, 1.54) is 13.2 Å². The number of nitrogens with one attached hydrogen (secondary N) is 2. The van der Waals surface area contributed by atoms with Gasteiger partial charge in [0.25, 0.3) is 0 Å². The molecule has 0 unspecified atom stereocenters. The molecule has 1 aromatic carbocycles. The zero-order chi connectivity index (χ0) is 21.3. The molecule has 2 aromatic heterocycles. The fourth-order valence-electron chi connectivity index (χ4n) is 3.17. The molecular formula is C20H22FN7O2. The molecule has 3 heterocycles. The molecule has 30 heavy (non-hydrogen) atoms. The zero-order valence-corrected chi connectivity index (χ0v) is 16.9. The molecule has 0 fully saturated rings. The van der Waals surface area contributed by atoms with Crippen molar-refractivity contribution in [3.05, 3.63) is 53.7 Å². The summed E-state index contributed by atoms with van der Waals surface area (Å²) in [6, 6.07) is 4.54. The van der Waals surface area contributed by atoms with Crippen LogP contribution in [0.25, 0.3) is 0 Å². The van der Waals surface area contributed by atoms with E-state index in [0.717, 1.165) is 11.1 Å². The topological polar surface area (TPSA) is 97.2 Å². The summed E-state index contributed by atoms with van der Waals surface area (Å²) in [4.78, 5) is 22.5. The summed E-state index contributed by atoms with van der Waals surface area (Å²) in [6.45, 7) is 2.73. The van der Waals surface area contributed by atoms with Gasteiger partial charge in [-0.3, -0.25) is 9.48 Å². The number of rotatable bonds is 6. The number of halogens is 1. The Labute approximate surface area is 172 Å². The molecule has 1 atom stereocenters. The maximum atomic E-state index is 13.9. The first-order valence-electron chi connectivity index (χ1n) is 9.43. The number of fused-ring (bicyclic) bond motifs is 1. The number of ether oxygens (including phenoxy) is 1. The highest BCUT2D eigenvalue weighted by atomic mass is 19.1. The number of anilines is 3. The van der Waals surface area contributed by atoms with Gasteiger partial charge in [-0.1, -0.05) is 6.07 Å². The number of benzene rings is 1. The number of carbonyl (C=O) groups excluding carboxylic acids is 1. The minimum Gasteiger partial charge on any atom is -0.494 e. The first-order chi connectivity index (χ1) is 14.4. The minimum absolute atomic E-state index is 0.0848. The Hall–Kier alpha value is -3.69. The van der Waals surface area contributed by atoms with E-state index in [2.05, 4.69) is 25.7 Å². The van der Waals surface area contributed by atoms with Crippen LogP contribution in [0.3, 0.4) is 0 Å². The lowest BCUT2D eigenvalue weighted by Crippen LogP contribution is -2.44. The molecular weight excluding hydrogens is 389 g/mol. The second-order valence-corrected chi connectivity index (χ2v) is 7.08. The van der Waals surface area contributed by atoms with Crippen molar-refractivity contribution in [2.45, 2.75) is 26.1 Å². The Kier molecular flexibility index (Phi) is 5.21. The molecule has 0 aliphatic carbocycles. The lowest BCUT2D eigenvalue weighted by molar-refractivity contribution is -0.117. The van der Waals surface area contributed by atoms with Gasteiger partial charge in [-0.2, -0.15) is 10.1 Å². The molecule has 1 aliphatic heterocycles. The highest BCUT2D eigenvalue weighted by molar-refractivity contribution is 6.02. The molecule has 0 spiro atoms. The Morgan fingerprint density at radius 2 is 2.13 bits per heavy atom. The van der Waals surface area contributed by atoms with E-state index in [0.29, 0.717) is 30.5 Å². The van der Waals surface area contributed by atoms with Crippen molar-refractivity contribution in [1.82, 2.24) is 19.7 Å². The van der Waals surface area contributed by atoms with Gasteiger partial charge in [0.2, 0.25) is 11.9 Å². The predicted octanol–water partition coefficient (Wildman–Crippen LogP) is 2.26. The van der Waals surface area contributed by atoms with Crippen molar-refractivity contribution in [2.24, 2.45) is 0 Å². The van der Waals surface area contributed by atoms with Crippen LogP contribution in [0.4, 0.5) is 21.8 Å². The van der Waals surface area contributed by atoms with E-state index in [1.54, 1.807) is 29.2 Å². The Morgan fingerprint density at radius 3 is 2.90 bits per heavy atom. The first kappa shape index (κ1) is 19.6. The summed E-state index contributed by atoms with van der Waals surface area (Å²) >= 11 is 0. The predicted molar refractivity (Wildman–Crippen MR) is 110 cm³/mol. The molecule has 0 bridgehead atoms. The second-order valence-electron chi connectivity index (χ2n) is 7.08. The summed E-state index contributed by atoms with van der Waals surface area (Å²) in [5.74, 6) is 0.849. The lowest BCUT2D eigenvalue weighted by atomic mass is 10.2. The Balaban J connectivity index is 1.40. The van der Waals surface area contributed by atoms with Crippen LogP contribution in [0, 0.1) is 5.82 Å². The normalized spacial score (nSPS) is 15.5. The maximum absolute atomic E-state index is 13.9. The molecule has 4 rings (SSSR count). The third kappa shape index (κ3) is 3.88. The molecule has 2 N–H and O–H groups in total. The van der Waals surface area contributed by atoms with Gasteiger partial charge in [-0.05, 0) is 24.6 Å². The molecule has 0 radical (unpaired) electrons. The number of nitrogens with zero attached hydrogens (tertiary/aromatic N) is 5. The summed E-state index contributed by atoms with van der Waals surface area (Å²) in [6.07, 6.45) is 5.20. The van der Waals surface area contributed by atoms with Gasteiger partial charge in [0.15, 0.2) is 17.4 Å². The van der Waals surface area contributed by atoms with Crippen LogP contribution in [0.15, 0.2) is 36.8 Å². The quantitative estimate of drug-likeness (QED) is 0.642. The number of hydrogen-bond acceptors (Lipinski definition) is 7. The lowest BCUT2D eigenvalue weighted by Gasteiger charge is -2.31. The fourth-order valence-corrected chi connectivity index (χ4v) is 3.17. The van der Waals surface area contributed by atoms with Crippen LogP contribution in [0.2, 0.25) is 0 Å². The number of carbonyl (C=O) groups is 1. The molecule has 1 amide bonds. The van der Waals surface area contributed by atoms with E-state index in [9.17, 15) is 9.18 Å². The van der Waals surface area contributed by atoms with E-state index >= 15 is 0 Å². The zero-order valence-electron chi connectivity index (χ0n) is 16.9. The van der Waals surface area contributed by atoms with Crippen LogP contribution >= 0.6 is 0 Å². The Bertz CT molecular complexity index is 1080. The SMILES string of the molecule is COc1ccc(Cn2cc(CNc3ncc4c(n3)N(C)[C@@H](C)C(=O)N4)cn2)cc1F. The number of hydrogen-bond donors (Lipinski definition) is 2. The van der Waals surface area contributed by atoms with E-state index in [4.69, 9.17) is 4.74 Å². The standard InChI is InChI=1S/C20H22FN7O2/c1-12-19(29)25-16-9-23-20(26-18(16)27(12)2)22-7-14-8-24-28(11-14)10-13-4-5-17(30-3)15(21)6-13/h4-6,8-9,11-12H,7,10H2,1-3H3,(H,25,29)(H,22,23,26)/t12-/m0/s1. The van der Waals surface area contributed by atoms with Crippen LogP contribution in [-0.4, -0.2) is 45.9 Å². The smallest absolute Gasteiger partial charge is 0.246 e. The first-order valence-corrected chi connectivity index (χ1v) is 9.43. The second kappa shape index (κ2) is 7.97. The Morgan fingerprint density at radius 1 is 1.30 bits per heavy atom. The molecule has 3 aromatic rings. The monoisotopic (exact) mass is 411 g/mol. The average Bonchev–Trinajstić information content (AvgIpc) is 3.18. The highest BCUT2D eigenvalue weighted by Gasteiger charge is 2.28. The largest absolute Gasteiger partial charge is 0.494 e. The minimum atomic E-state index is -0.399. The van der Waals surface area contributed by atoms with Crippen molar-refractivity contribution in [3.63, 3.8) is 0 Å². The molecule has 0 saturated heterocycles. The van der Waals surface area contributed by atoms with E-state index in [-0.39, 0.29) is 17.7 Å². The van der Waals surface area contributed by atoms with Crippen LogP contribution in [0.5, 0.6) is 5.75 Å². The van der Waals surface area contributed by atoms with E-state index < -0.39 is 5.82 Å². The van der Waals surface area contributed by atoms with Gasteiger partial charge >= 0.3 is 0 Å².